The molecule has 18 heavy (non-hydrogen) atoms. The number of hydrogen-bond acceptors (Lipinski definition) is 1. The van der Waals surface area contributed by atoms with Crippen molar-refractivity contribution in [2.75, 3.05) is 0 Å². The Morgan fingerprint density at radius 1 is 1.33 bits per heavy atom. The van der Waals surface area contributed by atoms with Gasteiger partial charge in [0.25, 0.3) is 0 Å². The van der Waals surface area contributed by atoms with Gasteiger partial charge in [-0.2, -0.15) is 0 Å². The van der Waals surface area contributed by atoms with Gasteiger partial charge in [-0.1, -0.05) is 66.7 Å². The van der Waals surface area contributed by atoms with Crippen molar-refractivity contribution >= 4 is 27.5 Å². The monoisotopic (exact) mass is 332 g/mol. The fraction of sp³-hybridized carbons (Fsp3) is 0.600. The number of aliphatic hydroxyl groups excluding tert-OH is 1. The highest BCUT2D eigenvalue weighted by atomic mass is 79.9. The van der Waals surface area contributed by atoms with Crippen LogP contribution in [-0.2, 0) is 6.42 Å². The van der Waals surface area contributed by atoms with Crippen molar-refractivity contribution in [2.24, 2.45) is 5.92 Å². The number of rotatable bonds is 7. The molecular formula is C15H22BrClO. The molecule has 0 aliphatic heterocycles. The predicted molar refractivity (Wildman–Crippen MR) is 82.2 cm³/mol. The van der Waals surface area contributed by atoms with Crippen LogP contribution in [0.15, 0.2) is 22.7 Å². The molecule has 1 aromatic rings. The van der Waals surface area contributed by atoms with Crippen LogP contribution in [0.3, 0.4) is 0 Å². The first-order valence-electron chi connectivity index (χ1n) is 6.70. The molecule has 0 aliphatic carbocycles. The lowest BCUT2D eigenvalue weighted by atomic mass is 9.89. The summed E-state index contributed by atoms with van der Waals surface area (Å²) < 4.78 is 0.976. The van der Waals surface area contributed by atoms with Gasteiger partial charge in [0.1, 0.15) is 0 Å². The van der Waals surface area contributed by atoms with Gasteiger partial charge < -0.3 is 5.11 Å². The van der Waals surface area contributed by atoms with Crippen LogP contribution >= 0.6 is 27.5 Å². The van der Waals surface area contributed by atoms with Gasteiger partial charge in [0, 0.05) is 15.9 Å². The van der Waals surface area contributed by atoms with Crippen LogP contribution in [0.1, 0.15) is 45.1 Å². The Balaban J connectivity index is 2.64. The molecule has 0 aromatic heterocycles. The van der Waals surface area contributed by atoms with Gasteiger partial charge in [-0.15, -0.1) is 0 Å². The van der Waals surface area contributed by atoms with Gasteiger partial charge in [-0.3, -0.25) is 0 Å². The van der Waals surface area contributed by atoms with E-state index >= 15 is 0 Å². The maximum Gasteiger partial charge on any atom is 0.0609 e. The molecule has 0 bridgehead atoms. The van der Waals surface area contributed by atoms with E-state index in [1.165, 1.54) is 12.8 Å². The number of aliphatic hydroxyl groups is 1. The SMILES string of the molecule is CCCCC(CC)C(O)Cc1ccc(Br)cc1Cl. The number of halogens is 2. The highest BCUT2D eigenvalue weighted by Crippen LogP contribution is 2.26. The topological polar surface area (TPSA) is 20.2 Å². The van der Waals surface area contributed by atoms with Crippen molar-refractivity contribution in [3.8, 4) is 0 Å². The van der Waals surface area contributed by atoms with Gasteiger partial charge in [-0.05, 0) is 30.0 Å². The van der Waals surface area contributed by atoms with E-state index in [2.05, 4.69) is 29.8 Å². The third-order valence-electron chi connectivity index (χ3n) is 3.44. The molecule has 1 rings (SSSR count). The summed E-state index contributed by atoms with van der Waals surface area (Å²) in [6.45, 7) is 4.33. The number of hydrogen-bond donors (Lipinski definition) is 1. The van der Waals surface area contributed by atoms with Crippen LogP contribution in [0.2, 0.25) is 5.02 Å². The molecule has 0 radical (unpaired) electrons. The van der Waals surface area contributed by atoms with Crippen molar-refractivity contribution in [2.45, 2.75) is 52.1 Å². The van der Waals surface area contributed by atoms with Crippen LogP contribution in [0.25, 0.3) is 0 Å². The molecule has 2 unspecified atom stereocenters. The van der Waals surface area contributed by atoms with Crippen LogP contribution in [-0.4, -0.2) is 11.2 Å². The molecule has 0 saturated heterocycles. The summed E-state index contributed by atoms with van der Waals surface area (Å²) in [4.78, 5) is 0. The highest BCUT2D eigenvalue weighted by molar-refractivity contribution is 9.10. The summed E-state index contributed by atoms with van der Waals surface area (Å²) in [7, 11) is 0. The summed E-state index contributed by atoms with van der Waals surface area (Å²) in [5.74, 6) is 0.379. The lowest BCUT2D eigenvalue weighted by Crippen LogP contribution is -2.22. The molecule has 1 nitrogen and oxygen atoms in total. The van der Waals surface area contributed by atoms with Crippen molar-refractivity contribution in [3.63, 3.8) is 0 Å². The largest absolute Gasteiger partial charge is 0.392 e. The molecular weight excluding hydrogens is 312 g/mol. The van der Waals surface area contributed by atoms with Gasteiger partial charge in [0.05, 0.1) is 6.10 Å². The van der Waals surface area contributed by atoms with Gasteiger partial charge in [0.15, 0.2) is 0 Å². The fourth-order valence-corrected chi connectivity index (χ4v) is 2.96. The van der Waals surface area contributed by atoms with E-state index in [1.807, 2.05) is 18.2 Å². The third-order valence-corrected chi connectivity index (χ3v) is 4.29. The second-order valence-electron chi connectivity index (χ2n) is 4.82. The molecule has 0 spiro atoms. The molecule has 0 heterocycles. The zero-order chi connectivity index (χ0) is 13.5. The van der Waals surface area contributed by atoms with Crippen LogP contribution in [0.5, 0.6) is 0 Å². The lowest BCUT2D eigenvalue weighted by Gasteiger charge is -2.22. The lowest BCUT2D eigenvalue weighted by molar-refractivity contribution is 0.0987. The summed E-state index contributed by atoms with van der Waals surface area (Å²) in [5.41, 5.74) is 1.03. The van der Waals surface area contributed by atoms with E-state index in [9.17, 15) is 5.11 Å². The van der Waals surface area contributed by atoms with E-state index in [1.54, 1.807) is 0 Å². The fourth-order valence-electron chi connectivity index (χ4n) is 2.21. The first-order valence-corrected chi connectivity index (χ1v) is 7.87. The van der Waals surface area contributed by atoms with Crippen molar-refractivity contribution in [1.82, 2.24) is 0 Å². The van der Waals surface area contributed by atoms with E-state index in [4.69, 9.17) is 11.6 Å². The average molecular weight is 334 g/mol. The molecule has 3 heteroatoms. The van der Waals surface area contributed by atoms with Crippen molar-refractivity contribution in [3.05, 3.63) is 33.3 Å². The maximum atomic E-state index is 10.3. The minimum absolute atomic E-state index is 0.291. The summed E-state index contributed by atoms with van der Waals surface area (Å²) in [6, 6.07) is 5.85. The van der Waals surface area contributed by atoms with Gasteiger partial charge in [-0.25, -0.2) is 0 Å². The van der Waals surface area contributed by atoms with E-state index < -0.39 is 0 Å². The van der Waals surface area contributed by atoms with Crippen LogP contribution in [0.4, 0.5) is 0 Å². The zero-order valence-corrected chi connectivity index (χ0v) is 13.5. The zero-order valence-electron chi connectivity index (χ0n) is 11.1. The van der Waals surface area contributed by atoms with E-state index in [0.717, 1.165) is 27.9 Å². The minimum atomic E-state index is -0.291. The third kappa shape index (κ3) is 4.91. The second-order valence-corrected chi connectivity index (χ2v) is 6.14. The van der Waals surface area contributed by atoms with Crippen molar-refractivity contribution in [1.29, 1.82) is 0 Å². The molecule has 0 saturated carbocycles. The molecule has 1 N–H and O–H groups in total. The normalized spacial score (nSPS) is 14.5. The second kappa shape index (κ2) is 8.19. The van der Waals surface area contributed by atoms with Crippen LogP contribution in [0, 0.1) is 5.92 Å². The van der Waals surface area contributed by atoms with Crippen LogP contribution < -0.4 is 0 Å². The minimum Gasteiger partial charge on any atom is -0.392 e. The molecule has 102 valence electrons. The average Bonchev–Trinajstić information content (AvgIpc) is 2.34. The first-order chi connectivity index (χ1) is 8.58. The summed E-state index contributed by atoms with van der Waals surface area (Å²) in [6.07, 6.45) is 4.85. The Hall–Kier alpha value is -0.0500. The first kappa shape index (κ1) is 16.0. The highest BCUT2D eigenvalue weighted by Gasteiger charge is 2.18. The smallest absolute Gasteiger partial charge is 0.0609 e. The molecule has 1 aromatic carbocycles. The predicted octanol–water partition coefficient (Wildman–Crippen LogP) is 5.22. The number of benzene rings is 1. The Morgan fingerprint density at radius 2 is 2.06 bits per heavy atom. The quantitative estimate of drug-likeness (QED) is 0.725. The number of unbranched alkanes of at least 4 members (excludes halogenated alkanes) is 1. The molecule has 0 fully saturated rings. The van der Waals surface area contributed by atoms with E-state index in [-0.39, 0.29) is 6.10 Å². The summed E-state index contributed by atoms with van der Waals surface area (Å²) in [5, 5.41) is 11.0. The Morgan fingerprint density at radius 3 is 2.61 bits per heavy atom. The summed E-state index contributed by atoms with van der Waals surface area (Å²) >= 11 is 9.58. The van der Waals surface area contributed by atoms with Gasteiger partial charge in [0.2, 0.25) is 0 Å². The Bertz CT molecular complexity index is 368. The Kier molecular flexibility index (Phi) is 7.28. The molecule has 0 aliphatic rings. The molecule has 2 atom stereocenters. The Labute approximate surface area is 124 Å². The van der Waals surface area contributed by atoms with Crippen molar-refractivity contribution < 1.29 is 5.11 Å². The maximum absolute atomic E-state index is 10.3. The van der Waals surface area contributed by atoms with Gasteiger partial charge >= 0.3 is 0 Å². The van der Waals surface area contributed by atoms with E-state index in [0.29, 0.717) is 12.3 Å². The standard InChI is InChI=1S/C15H22BrClO/c1-3-5-6-11(4-2)15(18)9-12-7-8-13(16)10-14(12)17/h7-8,10-11,15,18H,3-6,9H2,1-2H3. The molecule has 0 amide bonds.